The molecule has 0 spiro atoms. The summed E-state index contributed by atoms with van der Waals surface area (Å²) in [7, 11) is -2.23. The lowest BCUT2D eigenvalue weighted by Crippen LogP contribution is -2.34. The molecule has 108 valence electrons. The first-order valence-corrected chi connectivity index (χ1v) is 8.75. The molecule has 1 amide bonds. The Balaban J connectivity index is 2.01. The number of nitrogens with one attached hydrogen (secondary N) is 1. The monoisotopic (exact) mass is 331 g/mol. The second kappa shape index (κ2) is 6.00. The average molecular weight is 331 g/mol. The molecule has 20 heavy (non-hydrogen) atoms. The number of aryl methyl sites for hydroxylation is 1. The Bertz CT molecular complexity index is 692. The van der Waals surface area contributed by atoms with Crippen molar-refractivity contribution in [2.75, 3.05) is 18.9 Å². The molecule has 0 atom stereocenters. The van der Waals surface area contributed by atoms with Gasteiger partial charge in [-0.15, -0.1) is 22.7 Å². The van der Waals surface area contributed by atoms with Gasteiger partial charge in [-0.3, -0.25) is 4.79 Å². The van der Waals surface area contributed by atoms with E-state index in [0.717, 1.165) is 20.5 Å². The molecule has 2 heterocycles. The van der Waals surface area contributed by atoms with E-state index in [0.29, 0.717) is 5.13 Å². The Hall–Kier alpha value is -1.29. The fraction of sp³-hybridized carbons (Fsp3) is 0.273. The van der Waals surface area contributed by atoms with Crippen LogP contribution >= 0.6 is 22.7 Å². The van der Waals surface area contributed by atoms with Gasteiger partial charge in [0.2, 0.25) is 5.91 Å². The van der Waals surface area contributed by atoms with E-state index in [1.165, 1.54) is 24.5 Å². The summed E-state index contributed by atoms with van der Waals surface area (Å²) in [6.45, 7) is 1.62. The van der Waals surface area contributed by atoms with Crippen molar-refractivity contribution in [3.63, 3.8) is 0 Å². The van der Waals surface area contributed by atoms with Gasteiger partial charge in [-0.05, 0) is 18.4 Å². The highest BCUT2D eigenvalue weighted by Gasteiger charge is 2.24. The van der Waals surface area contributed by atoms with Gasteiger partial charge in [-0.1, -0.05) is 6.07 Å². The Labute approximate surface area is 125 Å². The first-order chi connectivity index (χ1) is 9.39. The van der Waals surface area contributed by atoms with Crippen molar-refractivity contribution in [2.24, 2.45) is 0 Å². The minimum absolute atomic E-state index is 0.220. The molecule has 0 aliphatic rings. The van der Waals surface area contributed by atoms with E-state index in [9.17, 15) is 13.2 Å². The van der Waals surface area contributed by atoms with Gasteiger partial charge in [0.1, 0.15) is 4.21 Å². The number of carbonyl (C=O) groups excluding carboxylic acids is 1. The third kappa shape index (κ3) is 3.42. The molecule has 6 nitrogen and oxygen atoms in total. The number of aromatic nitrogens is 1. The second-order valence-electron chi connectivity index (χ2n) is 4.02. The van der Waals surface area contributed by atoms with Crippen molar-refractivity contribution in [3.05, 3.63) is 28.6 Å². The van der Waals surface area contributed by atoms with Gasteiger partial charge in [-0.2, -0.15) is 4.31 Å². The van der Waals surface area contributed by atoms with Crippen molar-refractivity contribution in [1.82, 2.24) is 9.29 Å². The largest absolute Gasteiger partial charge is 0.301 e. The van der Waals surface area contributed by atoms with Crippen molar-refractivity contribution in [2.45, 2.75) is 11.1 Å². The van der Waals surface area contributed by atoms with Gasteiger partial charge in [-0.25, -0.2) is 13.4 Å². The van der Waals surface area contributed by atoms with Crippen molar-refractivity contribution < 1.29 is 13.2 Å². The van der Waals surface area contributed by atoms with Gasteiger partial charge in [0.15, 0.2) is 5.13 Å². The summed E-state index contributed by atoms with van der Waals surface area (Å²) in [5.41, 5.74) is 0. The molecule has 0 saturated carbocycles. The van der Waals surface area contributed by atoms with E-state index in [1.807, 2.05) is 6.92 Å². The minimum Gasteiger partial charge on any atom is -0.301 e. The van der Waals surface area contributed by atoms with E-state index in [-0.39, 0.29) is 10.8 Å². The number of hydrogen-bond acceptors (Lipinski definition) is 6. The maximum Gasteiger partial charge on any atom is 0.252 e. The number of carbonyl (C=O) groups is 1. The molecule has 0 aliphatic carbocycles. The Morgan fingerprint density at radius 1 is 1.50 bits per heavy atom. The van der Waals surface area contributed by atoms with Crippen molar-refractivity contribution >= 4 is 43.7 Å². The topological polar surface area (TPSA) is 79.4 Å². The second-order valence-corrected chi connectivity index (χ2v) is 8.47. The lowest BCUT2D eigenvalue weighted by Gasteiger charge is -2.14. The van der Waals surface area contributed by atoms with Gasteiger partial charge >= 0.3 is 0 Å². The lowest BCUT2D eigenvalue weighted by molar-refractivity contribution is -0.116. The van der Waals surface area contributed by atoms with Crippen LogP contribution in [0, 0.1) is 6.92 Å². The van der Waals surface area contributed by atoms with E-state index in [4.69, 9.17) is 0 Å². The van der Waals surface area contributed by atoms with Crippen LogP contribution in [0.4, 0.5) is 5.13 Å². The van der Waals surface area contributed by atoms with Gasteiger partial charge in [0.05, 0.1) is 6.54 Å². The number of hydrogen-bond donors (Lipinski definition) is 1. The number of thiophene rings is 1. The molecule has 0 fully saturated rings. The van der Waals surface area contributed by atoms with Crippen LogP contribution in [-0.4, -0.2) is 37.2 Å². The van der Waals surface area contributed by atoms with E-state index >= 15 is 0 Å². The van der Waals surface area contributed by atoms with Crippen LogP contribution in [0.5, 0.6) is 0 Å². The highest BCUT2D eigenvalue weighted by atomic mass is 32.2. The molecule has 0 radical (unpaired) electrons. The smallest absolute Gasteiger partial charge is 0.252 e. The van der Waals surface area contributed by atoms with Crippen LogP contribution in [0.2, 0.25) is 0 Å². The van der Waals surface area contributed by atoms with Gasteiger partial charge < -0.3 is 5.32 Å². The zero-order chi connectivity index (χ0) is 14.8. The Morgan fingerprint density at radius 2 is 2.25 bits per heavy atom. The molecule has 2 aromatic rings. The molecule has 0 unspecified atom stereocenters. The quantitative estimate of drug-likeness (QED) is 0.905. The molecule has 0 saturated heterocycles. The number of thiazole rings is 1. The SMILES string of the molecule is Cc1cnc(NC(=O)CN(C)S(=O)(=O)c2cccs2)s1. The number of nitrogens with zero attached hydrogens (tertiary/aromatic N) is 2. The fourth-order valence-electron chi connectivity index (χ4n) is 1.42. The Kier molecular flexibility index (Phi) is 4.53. The van der Waals surface area contributed by atoms with Crippen LogP contribution in [0.25, 0.3) is 0 Å². The summed E-state index contributed by atoms with van der Waals surface area (Å²) >= 11 is 2.46. The normalized spacial score (nSPS) is 11.8. The average Bonchev–Trinajstić information content (AvgIpc) is 3.00. The van der Waals surface area contributed by atoms with Crippen molar-refractivity contribution in [1.29, 1.82) is 0 Å². The third-order valence-corrected chi connectivity index (χ3v) is 6.40. The van der Waals surface area contributed by atoms with Crippen LogP contribution in [0.15, 0.2) is 27.9 Å². The molecule has 2 aromatic heterocycles. The maximum absolute atomic E-state index is 12.1. The van der Waals surface area contributed by atoms with Crippen LogP contribution < -0.4 is 5.32 Å². The first kappa shape index (κ1) is 15.1. The van der Waals surface area contributed by atoms with Crippen LogP contribution in [0.1, 0.15) is 4.88 Å². The minimum atomic E-state index is -3.60. The number of sulfonamides is 1. The predicted octanol–water partition coefficient (Wildman–Crippen LogP) is 1.77. The highest BCUT2D eigenvalue weighted by molar-refractivity contribution is 7.91. The number of anilines is 1. The molecule has 9 heteroatoms. The molecular formula is C11H13N3O3S3. The summed E-state index contributed by atoms with van der Waals surface area (Å²) in [5.74, 6) is -0.415. The maximum atomic E-state index is 12.1. The molecule has 1 N–H and O–H groups in total. The molecule has 0 aromatic carbocycles. The highest BCUT2D eigenvalue weighted by Crippen LogP contribution is 2.20. The summed E-state index contributed by atoms with van der Waals surface area (Å²) in [6, 6.07) is 3.17. The van der Waals surface area contributed by atoms with E-state index in [1.54, 1.807) is 17.6 Å². The summed E-state index contributed by atoms with van der Waals surface area (Å²) in [5, 5.41) is 4.72. The van der Waals surface area contributed by atoms with Crippen LogP contribution in [0.3, 0.4) is 0 Å². The zero-order valence-corrected chi connectivity index (χ0v) is 13.3. The Morgan fingerprint density at radius 3 is 2.80 bits per heavy atom. The first-order valence-electron chi connectivity index (χ1n) is 5.62. The molecule has 2 rings (SSSR count). The molecule has 0 bridgehead atoms. The predicted molar refractivity (Wildman–Crippen MR) is 79.6 cm³/mol. The fourth-order valence-corrected chi connectivity index (χ4v) is 4.43. The summed E-state index contributed by atoms with van der Waals surface area (Å²) < 4.78 is 25.5. The number of likely N-dealkylation sites (N-methyl/N-ethyl adjacent to an activating group) is 1. The van der Waals surface area contributed by atoms with Gasteiger partial charge in [0.25, 0.3) is 10.0 Å². The number of amides is 1. The van der Waals surface area contributed by atoms with E-state index < -0.39 is 15.9 Å². The summed E-state index contributed by atoms with van der Waals surface area (Å²) in [4.78, 5) is 16.8. The van der Waals surface area contributed by atoms with Crippen molar-refractivity contribution in [3.8, 4) is 0 Å². The lowest BCUT2D eigenvalue weighted by atomic mass is 10.6. The standard InChI is InChI=1S/C11H13N3O3S3/c1-8-6-12-11(19-8)13-9(15)7-14(2)20(16,17)10-4-3-5-18-10/h3-6H,7H2,1-2H3,(H,12,13,15). The summed E-state index contributed by atoms with van der Waals surface area (Å²) in [6.07, 6.45) is 1.65. The zero-order valence-electron chi connectivity index (χ0n) is 10.9. The van der Waals surface area contributed by atoms with E-state index in [2.05, 4.69) is 10.3 Å². The molecular weight excluding hydrogens is 318 g/mol. The molecule has 0 aliphatic heterocycles. The van der Waals surface area contributed by atoms with Crippen LogP contribution in [-0.2, 0) is 14.8 Å². The van der Waals surface area contributed by atoms with Gasteiger partial charge in [0, 0.05) is 18.1 Å². The number of rotatable bonds is 5. The third-order valence-electron chi connectivity index (χ3n) is 2.39.